The van der Waals surface area contributed by atoms with Gasteiger partial charge in [-0.25, -0.2) is 0 Å². The van der Waals surface area contributed by atoms with E-state index in [1.165, 1.54) is 38.1 Å². The fourth-order valence-electron chi connectivity index (χ4n) is 1.85. The summed E-state index contributed by atoms with van der Waals surface area (Å²) in [6.07, 6.45) is 7.31. The largest absolute Gasteiger partial charge is 0.415 e. The Labute approximate surface area is 114 Å². The Morgan fingerprint density at radius 3 is 2.06 bits per heavy atom. The Kier molecular flexibility index (Phi) is 14.5. The molecule has 0 aliphatic carbocycles. The summed E-state index contributed by atoms with van der Waals surface area (Å²) in [6, 6.07) is 1.33. The zero-order chi connectivity index (χ0) is 13.7. The highest BCUT2D eigenvalue weighted by Gasteiger charge is 2.22. The van der Waals surface area contributed by atoms with E-state index in [0.717, 1.165) is 0 Å². The van der Waals surface area contributed by atoms with Crippen LogP contribution in [0.3, 0.4) is 0 Å². The highest BCUT2D eigenvalue weighted by molar-refractivity contribution is 7.94. The first kappa shape index (κ1) is 19.5. The maximum Gasteiger partial charge on any atom is 0.187 e. The second-order valence-electron chi connectivity index (χ2n) is 5.20. The topological polar surface area (TPSA) is 26.3 Å². The minimum atomic E-state index is -1.33. The molecule has 0 aliphatic rings. The second-order valence-corrected chi connectivity index (χ2v) is 9.66. The van der Waals surface area contributed by atoms with E-state index in [-0.39, 0.29) is 0 Å². The summed E-state index contributed by atoms with van der Waals surface area (Å²) in [5.41, 5.74) is 0.444. The van der Waals surface area contributed by atoms with Crippen LogP contribution in [0.5, 0.6) is 0 Å². The quantitative estimate of drug-likeness (QED) is 0.302. The van der Waals surface area contributed by atoms with Crippen molar-refractivity contribution in [2.24, 2.45) is 0 Å². The van der Waals surface area contributed by atoms with E-state index >= 15 is 0 Å². The minimum absolute atomic E-state index is 0.410. The van der Waals surface area contributed by atoms with Crippen molar-refractivity contribution in [3.63, 3.8) is 0 Å². The van der Waals surface area contributed by atoms with Gasteiger partial charge in [-0.2, -0.15) is 0 Å². The second kappa shape index (κ2) is 12.6. The molecule has 0 amide bonds. The fourth-order valence-corrected chi connectivity index (χ4v) is 4.35. The van der Waals surface area contributed by atoms with Crippen molar-refractivity contribution >= 4 is 26.6 Å². The summed E-state index contributed by atoms with van der Waals surface area (Å²) in [5, 5.41) is 0. The number of unbranched alkanes of at least 4 members (excludes halogenated alkanes) is 4. The van der Waals surface area contributed by atoms with Gasteiger partial charge in [-0.3, -0.25) is 4.79 Å². The highest BCUT2D eigenvalue weighted by atomic mass is 32.1. The van der Waals surface area contributed by atoms with Gasteiger partial charge in [0.15, 0.2) is 13.9 Å². The first-order valence-corrected chi connectivity index (χ1v) is 10.3. The molecule has 0 spiro atoms. The minimum Gasteiger partial charge on any atom is -0.415 e. The van der Waals surface area contributed by atoms with Gasteiger partial charge in [0.05, 0.1) is 0 Å². The third kappa shape index (κ3) is 18.7. The lowest BCUT2D eigenvalue weighted by Crippen LogP contribution is -2.33. The molecule has 0 aliphatic heterocycles. The van der Waals surface area contributed by atoms with Gasteiger partial charge in [0, 0.05) is 6.10 Å². The van der Waals surface area contributed by atoms with Crippen molar-refractivity contribution < 1.29 is 9.22 Å². The summed E-state index contributed by atoms with van der Waals surface area (Å²) in [4.78, 5) is 8.67. The molecular weight excluding hydrogens is 248 g/mol. The van der Waals surface area contributed by atoms with Crippen molar-refractivity contribution in [3.8, 4) is 0 Å². The Hall–Kier alpha value is 0.197. The molecule has 0 aromatic heterocycles. The van der Waals surface area contributed by atoms with E-state index < -0.39 is 8.32 Å². The van der Waals surface area contributed by atoms with Crippen LogP contribution in [0.25, 0.3) is 0 Å². The summed E-state index contributed by atoms with van der Waals surface area (Å²) < 4.78 is 5.98. The Morgan fingerprint density at radius 2 is 1.65 bits per heavy atom. The van der Waals surface area contributed by atoms with Gasteiger partial charge in [0.2, 0.25) is 0 Å². The van der Waals surface area contributed by atoms with Crippen LogP contribution in [0.15, 0.2) is 0 Å². The monoisotopic (exact) mass is 278 g/mol. The van der Waals surface area contributed by atoms with Crippen molar-refractivity contribution in [3.05, 3.63) is 0 Å². The Morgan fingerprint density at radius 1 is 1.18 bits per heavy atom. The molecule has 0 aromatic carbocycles. The SMILES string of the molecule is CCCCCCC[Si](C)(C)OC(C)C.O=CS. The molecule has 4 heteroatoms. The molecule has 0 radical (unpaired) electrons. The molecule has 0 atom stereocenters. The zero-order valence-electron chi connectivity index (χ0n) is 12.2. The average Bonchev–Trinajstić information content (AvgIpc) is 2.16. The van der Waals surface area contributed by atoms with Crippen LogP contribution in [0.4, 0.5) is 0 Å². The summed E-state index contributed by atoms with van der Waals surface area (Å²) in [5.74, 6) is 0. The molecule has 0 saturated carbocycles. The molecule has 0 saturated heterocycles. The van der Waals surface area contributed by atoms with Gasteiger partial charge >= 0.3 is 0 Å². The lowest BCUT2D eigenvalue weighted by molar-refractivity contribution is 0.230. The number of hydrogen-bond acceptors (Lipinski definition) is 2. The van der Waals surface area contributed by atoms with Crippen LogP contribution in [0, 0.1) is 0 Å². The van der Waals surface area contributed by atoms with Crippen LogP contribution in [0.2, 0.25) is 19.1 Å². The van der Waals surface area contributed by atoms with Crippen molar-refractivity contribution in [1.29, 1.82) is 0 Å². The Balaban J connectivity index is 0. The molecule has 17 heavy (non-hydrogen) atoms. The number of carbonyl (C=O) groups is 1. The lowest BCUT2D eigenvalue weighted by atomic mass is 10.2. The first-order chi connectivity index (χ1) is 7.89. The van der Waals surface area contributed by atoms with E-state index in [2.05, 4.69) is 46.5 Å². The predicted molar refractivity (Wildman–Crippen MR) is 83.0 cm³/mol. The fraction of sp³-hybridized carbons (Fsp3) is 0.923. The number of carbonyl (C=O) groups excluding carboxylic acids is 1. The lowest BCUT2D eigenvalue weighted by Gasteiger charge is -2.25. The predicted octanol–water partition coefficient (Wildman–Crippen LogP) is 4.69. The zero-order valence-corrected chi connectivity index (χ0v) is 14.1. The standard InChI is InChI=1S/C12H28OSi.CH2OS/c1-6-7-8-9-10-11-14(4,5)13-12(2)3;2-1-3/h12H,6-11H2,1-5H3;1H,(H,2,3). The number of thiol groups is 1. The van der Waals surface area contributed by atoms with Crippen molar-refractivity contribution in [1.82, 2.24) is 0 Å². The van der Waals surface area contributed by atoms with E-state index in [9.17, 15) is 0 Å². The van der Waals surface area contributed by atoms with Crippen LogP contribution >= 0.6 is 12.6 Å². The van der Waals surface area contributed by atoms with Crippen LogP contribution in [-0.4, -0.2) is 20.0 Å². The molecule has 0 rings (SSSR count). The first-order valence-electron chi connectivity index (χ1n) is 6.65. The molecule has 0 fully saturated rings. The summed E-state index contributed by atoms with van der Waals surface area (Å²) in [6.45, 7) is 11.2. The smallest absolute Gasteiger partial charge is 0.187 e. The third-order valence-corrected chi connectivity index (χ3v) is 5.10. The molecule has 0 unspecified atom stereocenters. The molecular formula is C13H30O2SSi. The van der Waals surface area contributed by atoms with Crippen molar-refractivity contribution in [2.45, 2.75) is 78.1 Å². The number of hydrogen-bond donors (Lipinski definition) is 1. The summed E-state index contributed by atoms with van der Waals surface area (Å²) in [7, 11) is -1.33. The maximum atomic E-state index is 8.67. The highest BCUT2D eigenvalue weighted by Crippen LogP contribution is 2.18. The summed E-state index contributed by atoms with van der Waals surface area (Å²) >= 11 is 3.11. The van der Waals surface area contributed by atoms with Gasteiger partial charge in [-0.05, 0) is 33.0 Å². The van der Waals surface area contributed by atoms with Crippen molar-refractivity contribution in [2.75, 3.05) is 0 Å². The molecule has 104 valence electrons. The van der Waals surface area contributed by atoms with E-state index in [4.69, 9.17) is 9.22 Å². The van der Waals surface area contributed by atoms with Gasteiger partial charge in [-0.15, -0.1) is 12.6 Å². The van der Waals surface area contributed by atoms with Gasteiger partial charge < -0.3 is 4.43 Å². The average molecular weight is 279 g/mol. The maximum absolute atomic E-state index is 8.67. The Bertz CT molecular complexity index is 173. The van der Waals surface area contributed by atoms with Gasteiger partial charge in [0.25, 0.3) is 0 Å². The van der Waals surface area contributed by atoms with Crippen LogP contribution < -0.4 is 0 Å². The molecule has 0 N–H and O–H groups in total. The third-order valence-electron chi connectivity index (χ3n) is 2.44. The molecule has 0 aromatic rings. The molecule has 2 nitrogen and oxygen atoms in total. The van der Waals surface area contributed by atoms with Gasteiger partial charge in [0.1, 0.15) is 0 Å². The van der Waals surface area contributed by atoms with Gasteiger partial charge in [-0.1, -0.05) is 39.0 Å². The van der Waals surface area contributed by atoms with E-state index in [0.29, 0.717) is 11.7 Å². The molecule has 0 bridgehead atoms. The normalized spacial score (nSPS) is 11.0. The number of rotatable bonds is 8. The van der Waals surface area contributed by atoms with Crippen LogP contribution in [-0.2, 0) is 9.22 Å². The van der Waals surface area contributed by atoms with E-state index in [1.807, 2.05) is 0 Å². The molecule has 0 heterocycles. The van der Waals surface area contributed by atoms with E-state index in [1.54, 1.807) is 0 Å². The van der Waals surface area contributed by atoms with Crippen LogP contribution in [0.1, 0.15) is 52.9 Å².